The standard InChI is InChI=1S/C14H23BO3/c1-12(2)13(3,4)18-15(17-12)10-9-11(16)14(10)7-5-6-8-14/h10H,5-9H2,1-4H3. The lowest BCUT2D eigenvalue weighted by atomic mass is 9.44. The minimum absolute atomic E-state index is 0.0961. The van der Waals surface area contributed by atoms with Crippen LogP contribution in [0.15, 0.2) is 0 Å². The predicted octanol–water partition coefficient (Wildman–Crippen LogP) is 2.98. The van der Waals surface area contributed by atoms with Crippen molar-refractivity contribution in [2.45, 2.75) is 76.8 Å². The molecule has 0 amide bonds. The summed E-state index contributed by atoms with van der Waals surface area (Å²) in [6.07, 6.45) is 5.10. The van der Waals surface area contributed by atoms with Gasteiger partial charge in [-0.15, -0.1) is 0 Å². The molecule has 1 heterocycles. The summed E-state index contributed by atoms with van der Waals surface area (Å²) in [5.74, 6) is 0.730. The molecule has 1 atom stereocenters. The van der Waals surface area contributed by atoms with Crippen molar-refractivity contribution in [3.8, 4) is 0 Å². The van der Waals surface area contributed by atoms with E-state index in [-0.39, 0.29) is 29.6 Å². The maximum Gasteiger partial charge on any atom is 0.462 e. The lowest BCUT2D eigenvalue weighted by Gasteiger charge is -2.46. The minimum Gasteiger partial charge on any atom is -0.403 e. The molecule has 2 aliphatic carbocycles. The molecule has 1 unspecified atom stereocenters. The van der Waals surface area contributed by atoms with Crippen molar-refractivity contribution < 1.29 is 14.1 Å². The van der Waals surface area contributed by atoms with Gasteiger partial charge in [0, 0.05) is 17.7 Å². The Morgan fingerprint density at radius 2 is 1.56 bits per heavy atom. The third-order valence-electron chi connectivity index (χ3n) is 5.77. The molecule has 1 saturated heterocycles. The van der Waals surface area contributed by atoms with Gasteiger partial charge in [-0.2, -0.15) is 0 Å². The first-order valence-electron chi connectivity index (χ1n) is 7.17. The van der Waals surface area contributed by atoms with Crippen LogP contribution in [0.3, 0.4) is 0 Å². The quantitative estimate of drug-likeness (QED) is 0.671. The fraction of sp³-hybridized carbons (Fsp3) is 0.929. The summed E-state index contributed by atoms with van der Waals surface area (Å²) < 4.78 is 12.3. The van der Waals surface area contributed by atoms with Crippen LogP contribution in [-0.2, 0) is 14.1 Å². The Labute approximate surface area is 110 Å². The SMILES string of the molecule is CC1(C)OB(C2CC(=O)C23CCCC3)OC1(C)C. The zero-order chi connectivity index (χ0) is 13.2. The average Bonchev–Trinajstić information content (AvgIpc) is 2.81. The highest BCUT2D eigenvalue weighted by Crippen LogP contribution is 2.61. The molecule has 18 heavy (non-hydrogen) atoms. The van der Waals surface area contributed by atoms with E-state index in [2.05, 4.69) is 27.7 Å². The average molecular weight is 250 g/mol. The molecule has 100 valence electrons. The maximum atomic E-state index is 12.0. The molecule has 3 fully saturated rings. The number of hydrogen-bond donors (Lipinski definition) is 0. The third kappa shape index (κ3) is 1.48. The normalized spacial score (nSPS) is 36.1. The predicted molar refractivity (Wildman–Crippen MR) is 70.4 cm³/mol. The maximum absolute atomic E-state index is 12.0. The Bertz CT molecular complexity index is 367. The second-order valence-electron chi connectivity index (χ2n) is 7.22. The molecule has 0 aromatic heterocycles. The Morgan fingerprint density at radius 1 is 1.06 bits per heavy atom. The second kappa shape index (κ2) is 3.60. The van der Waals surface area contributed by atoms with Crippen LogP contribution in [-0.4, -0.2) is 24.1 Å². The van der Waals surface area contributed by atoms with E-state index in [1.807, 2.05) is 0 Å². The first-order chi connectivity index (χ1) is 8.29. The largest absolute Gasteiger partial charge is 0.462 e. The van der Waals surface area contributed by atoms with E-state index in [9.17, 15) is 4.79 Å². The minimum atomic E-state index is -0.282. The van der Waals surface area contributed by atoms with Crippen molar-refractivity contribution in [3.05, 3.63) is 0 Å². The van der Waals surface area contributed by atoms with Gasteiger partial charge >= 0.3 is 7.12 Å². The number of rotatable bonds is 1. The first kappa shape index (κ1) is 12.7. The molecular formula is C14H23BO3. The van der Waals surface area contributed by atoms with E-state index in [4.69, 9.17) is 9.31 Å². The number of carbonyl (C=O) groups excluding carboxylic acids is 1. The molecular weight excluding hydrogens is 227 g/mol. The Balaban J connectivity index is 1.80. The number of hydrogen-bond acceptors (Lipinski definition) is 3. The molecule has 0 N–H and O–H groups in total. The third-order valence-corrected chi connectivity index (χ3v) is 5.77. The highest BCUT2D eigenvalue weighted by atomic mass is 16.7. The van der Waals surface area contributed by atoms with Crippen LogP contribution in [0.1, 0.15) is 59.8 Å². The summed E-state index contributed by atoms with van der Waals surface area (Å²) in [4.78, 5) is 12.0. The fourth-order valence-electron chi connectivity index (χ4n) is 3.74. The zero-order valence-corrected chi connectivity index (χ0v) is 11.9. The molecule has 3 rings (SSSR count). The van der Waals surface area contributed by atoms with Crippen LogP contribution in [0.5, 0.6) is 0 Å². The lowest BCUT2D eigenvalue weighted by Crippen LogP contribution is -2.51. The van der Waals surface area contributed by atoms with Gasteiger partial charge in [0.2, 0.25) is 0 Å². The van der Waals surface area contributed by atoms with Crippen LogP contribution in [0.2, 0.25) is 5.82 Å². The molecule has 4 heteroatoms. The van der Waals surface area contributed by atoms with Gasteiger partial charge in [-0.1, -0.05) is 12.8 Å². The Kier molecular flexibility index (Phi) is 2.54. The van der Waals surface area contributed by atoms with Crippen molar-refractivity contribution in [1.82, 2.24) is 0 Å². The lowest BCUT2D eigenvalue weighted by molar-refractivity contribution is -0.138. The van der Waals surface area contributed by atoms with E-state index < -0.39 is 0 Å². The summed E-state index contributed by atoms with van der Waals surface area (Å²) in [5.41, 5.74) is -0.659. The molecule has 1 spiro atoms. The number of Topliss-reactive ketones (excluding diaryl/α,β-unsaturated/α-hetero) is 1. The van der Waals surface area contributed by atoms with Gasteiger partial charge in [-0.05, 0) is 40.5 Å². The van der Waals surface area contributed by atoms with E-state index in [1.54, 1.807) is 0 Å². The van der Waals surface area contributed by atoms with E-state index >= 15 is 0 Å². The van der Waals surface area contributed by atoms with Gasteiger partial charge in [0.1, 0.15) is 5.78 Å². The summed E-state index contributed by atoms with van der Waals surface area (Å²) in [5, 5.41) is 0. The second-order valence-corrected chi connectivity index (χ2v) is 7.22. The highest BCUT2D eigenvalue weighted by Gasteiger charge is 2.65. The van der Waals surface area contributed by atoms with Crippen molar-refractivity contribution in [1.29, 1.82) is 0 Å². The van der Waals surface area contributed by atoms with E-state index in [0.717, 1.165) is 12.8 Å². The van der Waals surface area contributed by atoms with Crippen LogP contribution in [0.25, 0.3) is 0 Å². The van der Waals surface area contributed by atoms with Crippen molar-refractivity contribution in [2.24, 2.45) is 5.41 Å². The molecule has 0 radical (unpaired) electrons. The monoisotopic (exact) mass is 250 g/mol. The smallest absolute Gasteiger partial charge is 0.403 e. The molecule has 3 nitrogen and oxygen atoms in total. The van der Waals surface area contributed by atoms with Crippen LogP contribution < -0.4 is 0 Å². The van der Waals surface area contributed by atoms with Gasteiger partial charge in [0.05, 0.1) is 11.2 Å². The first-order valence-corrected chi connectivity index (χ1v) is 7.17. The number of carbonyl (C=O) groups is 1. The Hall–Kier alpha value is -0.345. The molecule has 3 aliphatic rings. The fourth-order valence-corrected chi connectivity index (χ4v) is 3.74. The van der Waals surface area contributed by atoms with Crippen LogP contribution >= 0.6 is 0 Å². The summed E-state index contributed by atoms with van der Waals surface area (Å²) in [7, 11) is -0.189. The van der Waals surface area contributed by atoms with Crippen molar-refractivity contribution in [2.75, 3.05) is 0 Å². The molecule has 2 saturated carbocycles. The summed E-state index contributed by atoms with van der Waals surface area (Å²) in [6, 6.07) is 0. The molecule has 1 aliphatic heterocycles. The van der Waals surface area contributed by atoms with Crippen LogP contribution in [0, 0.1) is 5.41 Å². The van der Waals surface area contributed by atoms with Gasteiger partial charge < -0.3 is 9.31 Å². The zero-order valence-electron chi connectivity index (χ0n) is 11.9. The van der Waals surface area contributed by atoms with E-state index in [0.29, 0.717) is 12.2 Å². The van der Waals surface area contributed by atoms with E-state index in [1.165, 1.54) is 12.8 Å². The van der Waals surface area contributed by atoms with Crippen LogP contribution in [0.4, 0.5) is 0 Å². The summed E-state index contributed by atoms with van der Waals surface area (Å²) in [6.45, 7) is 8.31. The molecule has 0 aromatic carbocycles. The topological polar surface area (TPSA) is 35.5 Å². The van der Waals surface area contributed by atoms with Gasteiger partial charge in [-0.25, -0.2) is 0 Å². The van der Waals surface area contributed by atoms with Gasteiger partial charge in [0.15, 0.2) is 0 Å². The van der Waals surface area contributed by atoms with Crippen molar-refractivity contribution in [3.63, 3.8) is 0 Å². The summed E-state index contributed by atoms with van der Waals surface area (Å²) >= 11 is 0. The highest BCUT2D eigenvalue weighted by molar-refractivity contribution is 6.50. The Morgan fingerprint density at radius 3 is 2.00 bits per heavy atom. The van der Waals surface area contributed by atoms with Crippen molar-refractivity contribution >= 4 is 12.9 Å². The van der Waals surface area contributed by atoms with Gasteiger partial charge in [-0.3, -0.25) is 4.79 Å². The molecule has 0 bridgehead atoms. The molecule has 0 aromatic rings. The number of ketones is 1. The van der Waals surface area contributed by atoms with Gasteiger partial charge in [0.25, 0.3) is 0 Å².